The van der Waals surface area contributed by atoms with Crippen LogP contribution in [0.1, 0.15) is 5.56 Å². The van der Waals surface area contributed by atoms with Crippen LogP contribution in [0.4, 0.5) is 14.9 Å². The van der Waals surface area contributed by atoms with Gasteiger partial charge < -0.3 is 15.1 Å². The highest BCUT2D eigenvalue weighted by molar-refractivity contribution is 5.89. The third-order valence-electron chi connectivity index (χ3n) is 3.57. The van der Waals surface area contributed by atoms with Crippen molar-refractivity contribution in [2.75, 3.05) is 11.9 Å². The molecular formula is C17H16FN3O3. The normalized spacial score (nSPS) is 10.8. The van der Waals surface area contributed by atoms with E-state index in [9.17, 15) is 14.0 Å². The lowest BCUT2D eigenvalue weighted by atomic mass is 10.2. The van der Waals surface area contributed by atoms with E-state index in [1.54, 1.807) is 12.1 Å². The number of hydrogen-bond acceptors (Lipinski definition) is 3. The fraction of sp³-hybridized carbons (Fsp3) is 0.176. The van der Waals surface area contributed by atoms with Gasteiger partial charge in [-0.2, -0.15) is 0 Å². The minimum atomic E-state index is -0.544. The first-order valence-corrected chi connectivity index (χ1v) is 7.44. The number of carbonyl (C=O) groups is 1. The van der Waals surface area contributed by atoms with Gasteiger partial charge in [0.05, 0.1) is 11.2 Å². The van der Waals surface area contributed by atoms with E-state index >= 15 is 0 Å². The third kappa shape index (κ3) is 3.29. The summed E-state index contributed by atoms with van der Waals surface area (Å²) in [6.45, 7) is 2.37. The Kier molecular flexibility index (Phi) is 4.33. The summed E-state index contributed by atoms with van der Waals surface area (Å²) >= 11 is 0. The largest absolute Gasteiger partial charge is 0.420 e. The number of urea groups is 1. The van der Waals surface area contributed by atoms with E-state index < -0.39 is 17.6 Å². The number of oxazole rings is 1. The molecule has 0 aliphatic rings. The molecule has 6 nitrogen and oxygen atoms in total. The summed E-state index contributed by atoms with van der Waals surface area (Å²) in [5.41, 5.74) is 2.27. The predicted molar refractivity (Wildman–Crippen MR) is 88.6 cm³/mol. The minimum Gasteiger partial charge on any atom is -0.408 e. The van der Waals surface area contributed by atoms with Gasteiger partial charge >= 0.3 is 11.8 Å². The first-order valence-electron chi connectivity index (χ1n) is 7.44. The van der Waals surface area contributed by atoms with Crippen LogP contribution in [0.15, 0.2) is 51.7 Å². The van der Waals surface area contributed by atoms with E-state index in [1.165, 1.54) is 22.8 Å². The van der Waals surface area contributed by atoms with Gasteiger partial charge in [-0.05, 0) is 36.8 Å². The molecule has 3 rings (SSSR count). The lowest BCUT2D eigenvalue weighted by Crippen LogP contribution is -2.33. The number of hydrogen-bond donors (Lipinski definition) is 2. The monoisotopic (exact) mass is 329 g/mol. The van der Waals surface area contributed by atoms with Crippen LogP contribution in [0.25, 0.3) is 11.1 Å². The number of anilines is 1. The first kappa shape index (κ1) is 15.8. The van der Waals surface area contributed by atoms with Crippen molar-refractivity contribution in [3.63, 3.8) is 0 Å². The van der Waals surface area contributed by atoms with E-state index in [0.29, 0.717) is 11.1 Å². The maximum Gasteiger partial charge on any atom is 0.420 e. The first-order chi connectivity index (χ1) is 11.5. The standard InChI is InChI=1S/C17H16FN3O3/c1-11-6-7-15-14(10-11)21(17(23)24-15)9-8-19-16(22)20-13-5-3-2-4-12(13)18/h2-7,10H,8-9H2,1H3,(H2,19,20,22). The van der Waals surface area contributed by atoms with Gasteiger partial charge in [0.15, 0.2) is 5.58 Å². The van der Waals surface area contributed by atoms with E-state index in [-0.39, 0.29) is 18.8 Å². The van der Waals surface area contributed by atoms with Gasteiger partial charge in [0, 0.05) is 13.1 Å². The zero-order chi connectivity index (χ0) is 17.1. The van der Waals surface area contributed by atoms with Crippen LogP contribution in [0.5, 0.6) is 0 Å². The zero-order valence-corrected chi connectivity index (χ0v) is 13.0. The molecule has 0 aliphatic heterocycles. The highest BCUT2D eigenvalue weighted by atomic mass is 19.1. The summed E-state index contributed by atoms with van der Waals surface area (Å²) in [6, 6.07) is 10.8. The summed E-state index contributed by atoms with van der Waals surface area (Å²) < 4.78 is 20.1. The SMILES string of the molecule is Cc1ccc2oc(=O)n(CCNC(=O)Nc3ccccc3F)c2c1. The van der Waals surface area contributed by atoms with Crippen molar-refractivity contribution in [1.29, 1.82) is 0 Å². The van der Waals surface area contributed by atoms with E-state index in [4.69, 9.17) is 4.42 Å². The van der Waals surface area contributed by atoms with Crippen LogP contribution < -0.4 is 16.4 Å². The van der Waals surface area contributed by atoms with Gasteiger partial charge in [0.2, 0.25) is 0 Å². The second-order valence-corrected chi connectivity index (χ2v) is 5.35. The Bertz CT molecular complexity index is 946. The molecule has 2 amide bonds. The van der Waals surface area contributed by atoms with Crippen molar-refractivity contribution in [3.8, 4) is 0 Å². The number of carbonyl (C=O) groups excluding carboxylic acids is 1. The van der Waals surface area contributed by atoms with Crippen LogP contribution in [-0.2, 0) is 6.54 Å². The lowest BCUT2D eigenvalue weighted by Gasteiger charge is -2.08. The third-order valence-corrected chi connectivity index (χ3v) is 3.57. The Morgan fingerprint density at radius 1 is 1.25 bits per heavy atom. The van der Waals surface area contributed by atoms with Crippen LogP contribution >= 0.6 is 0 Å². The lowest BCUT2D eigenvalue weighted by molar-refractivity contribution is 0.251. The molecule has 0 bridgehead atoms. The number of halogens is 1. The molecule has 7 heteroatoms. The number of para-hydroxylation sites is 1. The molecule has 0 saturated heterocycles. The van der Waals surface area contributed by atoms with Crippen molar-refractivity contribution in [2.24, 2.45) is 0 Å². The van der Waals surface area contributed by atoms with Gasteiger partial charge in [-0.15, -0.1) is 0 Å². The second kappa shape index (κ2) is 6.57. The Balaban J connectivity index is 1.63. The summed E-state index contributed by atoms with van der Waals surface area (Å²) in [6.07, 6.45) is 0. The average molecular weight is 329 g/mol. The molecule has 3 aromatic rings. The molecule has 0 fully saturated rings. The number of nitrogens with one attached hydrogen (secondary N) is 2. The number of aromatic nitrogens is 1. The smallest absolute Gasteiger partial charge is 0.408 e. The Labute approximate surface area is 136 Å². The van der Waals surface area contributed by atoms with Crippen LogP contribution in [0.2, 0.25) is 0 Å². The topological polar surface area (TPSA) is 76.3 Å². The van der Waals surface area contributed by atoms with E-state index in [0.717, 1.165) is 5.56 Å². The fourth-order valence-corrected chi connectivity index (χ4v) is 2.39. The molecule has 0 radical (unpaired) electrons. The van der Waals surface area contributed by atoms with Crippen LogP contribution in [0, 0.1) is 12.7 Å². The summed E-state index contributed by atoms with van der Waals surface area (Å²) in [4.78, 5) is 23.7. The van der Waals surface area contributed by atoms with Crippen molar-refractivity contribution < 1.29 is 13.6 Å². The van der Waals surface area contributed by atoms with E-state index in [1.807, 2.05) is 19.1 Å². The number of amides is 2. The zero-order valence-electron chi connectivity index (χ0n) is 13.0. The molecule has 0 atom stereocenters. The quantitative estimate of drug-likeness (QED) is 0.773. The summed E-state index contributed by atoms with van der Waals surface area (Å²) in [5, 5.41) is 5.00. The van der Waals surface area contributed by atoms with Gasteiger partial charge in [-0.25, -0.2) is 14.0 Å². The number of aryl methyl sites for hydroxylation is 1. The molecule has 0 aliphatic carbocycles. The number of fused-ring (bicyclic) bond motifs is 1. The molecule has 0 unspecified atom stereocenters. The molecule has 2 N–H and O–H groups in total. The average Bonchev–Trinajstić information content (AvgIpc) is 2.85. The molecule has 0 saturated carbocycles. The molecule has 2 aromatic carbocycles. The van der Waals surface area contributed by atoms with Crippen molar-refractivity contribution in [3.05, 3.63) is 64.4 Å². The maximum absolute atomic E-state index is 13.5. The van der Waals surface area contributed by atoms with Crippen molar-refractivity contribution in [1.82, 2.24) is 9.88 Å². The van der Waals surface area contributed by atoms with Gasteiger partial charge in [-0.1, -0.05) is 18.2 Å². The maximum atomic E-state index is 13.5. The van der Waals surface area contributed by atoms with Gasteiger partial charge in [0.1, 0.15) is 5.82 Å². The van der Waals surface area contributed by atoms with E-state index in [2.05, 4.69) is 10.6 Å². The Morgan fingerprint density at radius 2 is 2.04 bits per heavy atom. The molecular weight excluding hydrogens is 313 g/mol. The molecule has 24 heavy (non-hydrogen) atoms. The Hall–Kier alpha value is -3.09. The van der Waals surface area contributed by atoms with Crippen LogP contribution in [-0.4, -0.2) is 17.1 Å². The summed E-state index contributed by atoms with van der Waals surface area (Å²) in [7, 11) is 0. The number of rotatable bonds is 4. The highest BCUT2D eigenvalue weighted by Crippen LogP contribution is 2.14. The van der Waals surface area contributed by atoms with Crippen LogP contribution in [0.3, 0.4) is 0 Å². The second-order valence-electron chi connectivity index (χ2n) is 5.35. The Morgan fingerprint density at radius 3 is 2.83 bits per heavy atom. The molecule has 0 spiro atoms. The molecule has 124 valence electrons. The van der Waals surface area contributed by atoms with Crippen molar-refractivity contribution in [2.45, 2.75) is 13.5 Å². The molecule has 1 heterocycles. The highest BCUT2D eigenvalue weighted by Gasteiger charge is 2.10. The number of benzene rings is 2. The summed E-state index contributed by atoms with van der Waals surface area (Å²) in [5.74, 6) is -0.993. The fourth-order valence-electron chi connectivity index (χ4n) is 2.39. The predicted octanol–water partition coefficient (Wildman–Crippen LogP) is 2.86. The van der Waals surface area contributed by atoms with Crippen molar-refractivity contribution >= 4 is 22.8 Å². The number of nitrogens with zero attached hydrogens (tertiary/aromatic N) is 1. The minimum absolute atomic E-state index is 0.0940. The van der Waals surface area contributed by atoms with Gasteiger partial charge in [-0.3, -0.25) is 4.57 Å². The van der Waals surface area contributed by atoms with Gasteiger partial charge in [0.25, 0.3) is 0 Å². The molecule has 1 aromatic heterocycles.